The third kappa shape index (κ3) is 3.85. The molecule has 4 aromatic rings. The van der Waals surface area contributed by atoms with E-state index in [0.717, 1.165) is 37.3 Å². The van der Waals surface area contributed by atoms with Crippen molar-refractivity contribution in [1.29, 1.82) is 0 Å². The quantitative estimate of drug-likeness (QED) is 0.479. The molecule has 2 N–H and O–H groups in total. The minimum Gasteiger partial charge on any atom is -0.494 e. The molecule has 162 valence electrons. The molecule has 0 atom stereocenters. The third-order valence-corrected chi connectivity index (χ3v) is 5.65. The fraction of sp³-hybridized carbons (Fsp3) is 0.217. The van der Waals surface area contributed by atoms with Crippen molar-refractivity contribution in [2.75, 3.05) is 38.1 Å². The van der Waals surface area contributed by atoms with Gasteiger partial charge in [-0.1, -0.05) is 6.07 Å². The fourth-order valence-corrected chi connectivity index (χ4v) is 3.76. The van der Waals surface area contributed by atoms with Crippen LogP contribution in [0.3, 0.4) is 0 Å². The monoisotopic (exact) mass is 430 g/mol. The van der Waals surface area contributed by atoms with Crippen LogP contribution >= 0.6 is 0 Å². The number of nitrogens with zero attached hydrogens (tertiary/aromatic N) is 5. The van der Waals surface area contributed by atoms with Crippen LogP contribution < -0.4 is 10.5 Å². The summed E-state index contributed by atoms with van der Waals surface area (Å²) in [7, 11) is 2.10. The van der Waals surface area contributed by atoms with Gasteiger partial charge in [-0.2, -0.15) is 0 Å². The maximum absolute atomic E-state index is 12.3. The van der Waals surface area contributed by atoms with Crippen molar-refractivity contribution in [2.45, 2.75) is 0 Å². The van der Waals surface area contributed by atoms with E-state index in [1.54, 1.807) is 31.0 Å². The number of fused-ring (bicyclic) bond motifs is 1. The van der Waals surface area contributed by atoms with Crippen LogP contribution in [0.25, 0.3) is 21.9 Å². The Morgan fingerprint density at radius 2 is 1.88 bits per heavy atom. The largest absolute Gasteiger partial charge is 0.494 e. The number of aromatic hydroxyl groups is 1. The van der Waals surface area contributed by atoms with Crippen molar-refractivity contribution in [3.63, 3.8) is 0 Å². The summed E-state index contributed by atoms with van der Waals surface area (Å²) < 4.78 is 5.16. The molecule has 0 unspecified atom stereocenters. The van der Waals surface area contributed by atoms with Gasteiger partial charge in [0.1, 0.15) is 0 Å². The van der Waals surface area contributed by atoms with E-state index in [1.165, 1.54) is 6.21 Å². The lowest BCUT2D eigenvalue weighted by Crippen LogP contribution is -2.45. The number of aromatic amines is 1. The average molecular weight is 430 g/mol. The zero-order chi connectivity index (χ0) is 22.1. The highest BCUT2D eigenvalue weighted by Gasteiger charge is 2.16. The molecule has 0 amide bonds. The number of likely N-dealkylation sites (N-methyl/N-ethyl adjacent to an activating group) is 1. The van der Waals surface area contributed by atoms with Crippen molar-refractivity contribution in [1.82, 2.24) is 19.9 Å². The maximum atomic E-state index is 12.3. The molecule has 1 aliphatic rings. The molecule has 1 saturated heterocycles. The van der Waals surface area contributed by atoms with Crippen LogP contribution in [0.1, 0.15) is 5.56 Å². The van der Waals surface area contributed by atoms with Gasteiger partial charge in [0.05, 0.1) is 36.2 Å². The summed E-state index contributed by atoms with van der Waals surface area (Å²) in [6.07, 6.45) is 8.03. The number of aliphatic imine (C=N–C) groups is 1. The molecule has 1 aliphatic heterocycles. The number of aromatic nitrogens is 3. The second-order valence-electron chi connectivity index (χ2n) is 7.78. The lowest BCUT2D eigenvalue weighted by Gasteiger charge is -2.32. The van der Waals surface area contributed by atoms with Crippen molar-refractivity contribution >= 4 is 28.6 Å². The third-order valence-electron chi connectivity index (χ3n) is 5.65. The SMILES string of the molecule is CN1CCN(c2ncc(N=Cc3c(O)[nH]c(=O)c4ccc(-c5ccoc5)cc34)cn2)CC1. The number of pyridine rings is 1. The van der Waals surface area contributed by atoms with Gasteiger partial charge in [0.2, 0.25) is 11.8 Å². The van der Waals surface area contributed by atoms with Crippen LogP contribution in [-0.4, -0.2) is 64.4 Å². The summed E-state index contributed by atoms with van der Waals surface area (Å²) >= 11 is 0. The van der Waals surface area contributed by atoms with Crippen molar-refractivity contribution in [3.8, 4) is 17.0 Å². The van der Waals surface area contributed by atoms with Gasteiger partial charge < -0.3 is 19.3 Å². The smallest absolute Gasteiger partial charge is 0.258 e. The van der Waals surface area contributed by atoms with Gasteiger partial charge >= 0.3 is 0 Å². The van der Waals surface area contributed by atoms with E-state index in [1.807, 2.05) is 18.2 Å². The predicted molar refractivity (Wildman–Crippen MR) is 123 cm³/mol. The minimum absolute atomic E-state index is 0.245. The van der Waals surface area contributed by atoms with Gasteiger partial charge in [0, 0.05) is 48.7 Å². The topological polar surface area (TPSA) is 111 Å². The van der Waals surface area contributed by atoms with Crippen LogP contribution in [0.15, 0.2) is 63.4 Å². The van der Waals surface area contributed by atoms with Gasteiger partial charge in [0.15, 0.2) is 0 Å². The Bertz CT molecular complexity index is 1320. The highest BCUT2D eigenvalue weighted by Crippen LogP contribution is 2.28. The Kier molecular flexibility index (Phi) is 5.16. The number of piperazine rings is 1. The Labute approximate surface area is 183 Å². The molecular formula is C23H22N6O3. The van der Waals surface area contributed by atoms with E-state index in [9.17, 15) is 9.90 Å². The summed E-state index contributed by atoms with van der Waals surface area (Å²) in [5.41, 5.74) is 2.34. The summed E-state index contributed by atoms with van der Waals surface area (Å²) in [6.45, 7) is 3.72. The summed E-state index contributed by atoms with van der Waals surface area (Å²) in [5.74, 6) is 0.435. The van der Waals surface area contributed by atoms with E-state index >= 15 is 0 Å². The lowest BCUT2D eigenvalue weighted by molar-refractivity contribution is 0.311. The van der Waals surface area contributed by atoms with Crippen LogP contribution in [-0.2, 0) is 0 Å². The Morgan fingerprint density at radius 1 is 1.09 bits per heavy atom. The number of nitrogens with one attached hydrogen (secondary N) is 1. The number of anilines is 1. The molecular weight excluding hydrogens is 408 g/mol. The number of H-pyrrole nitrogens is 1. The molecule has 1 fully saturated rings. The molecule has 0 spiro atoms. The van der Waals surface area contributed by atoms with Gasteiger partial charge in [-0.25, -0.2) is 9.97 Å². The van der Waals surface area contributed by atoms with Gasteiger partial charge in [-0.05, 0) is 30.8 Å². The van der Waals surface area contributed by atoms with Gasteiger partial charge in [-0.15, -0.1) is 0 Å². The van der Waals surface area contributed by atoms with Crippen LogP contribution in [0.2, 0.25) is 0 Å². The molecule has 4 heterocycles. The van der Waals surface area contributed by atoms with Crippen molar-refractivity contribution in [3.05, 3.63) is 65.1 Å². The molecule has 1 aromatic carbocycles. The maximum Gasteiger partial charge on any atom is 0.258 e. The zero-order valence-electron chi connectivity index (χ0n) is 17.5. The highest BCUT2D eigenvalue weighted by atomic mass is 16.3. The second kappa shape index (κ2) is 8.27. The average Bonchev–Trinajstić information content (AvgIpc) is 3.35. The summed E-state index contributed by atoms with van der Waals surface area (Å²) in [5, 5.41) is 11.5. The van der Waals surface area contributed by atoms with Crippen LogP contribution in [0.4, 0.5) is 11.6 Å². The second-order valence-corrected chi connectivity index (χ2v) is 7.78. The minimum atomic E-state index is -0.367. The molecule has 0 saturated carbocycles. The molecule has 0 aliphatic carbocycles. The zero-order valence-corrected chi connectivity index (χ0v) is 17.5. The molecule has 0 radical (unpaired) electrons. The number of hydrogen-bond donors (Lipinski definition) is 2. The van der Waals surface area contributed by atoms with Crippen molar-refractivity contribution < 1.29 is 9.52 Å². The first-order valence-corrected chi connectivity index (χ1v) is 10.3. The first kappa shape index (κ1) is 20.0. The summed E-state index contributed by atoms with van der Waals surface area (Å²) in [4.78, 5) is 32.5. The highest BCUT2D eigenvalue weighted by molar-refractivity contribution is 6.03. The molecule has 0 bridgehead atoms. The first-order valence-electron chi connectivity index (χ1n) is 10.3. The van der Waals surface area contributed by atoms with E-state index in [4.69, 9.17) is 4.42 Å². The van der Waals surface area contributed by atoms with E-state index in [0.29, 0.717) is 28.0 Å². The first-order chi connectivity index (χ1) is 15.6. The van der Waals surface area contributed by atoms with Gasteiger partial charge in [-0.3, -0.25) is 14.8 Å². The van der Waals surface area contributed by atoms with Gasteiger partial charge in [0.25, 0.3) is 5.56 Å². The predicted octanol–water partition coefficient (Wildman–Crippen LogP) is 2.79. The molecule has 9 nitrogen and oxygen atoms in total. The number of benzene rings is 1. The van der Waals surface area contributed by atoms with E-state index < -0.39 is 0 Å². The Morgan fingerprint density at radius 3 is 2.59 bits per heavy atom. The molecule has 3 aromatic heterocycles. The van der Waals surface area contributed by atoms with Crippen LogP contribution in [0.5, 0.6) is 5.88 Å². The Hall–Kier alpha value is -3.98. The van der Waals surface area contributed by atoms with Crippen molar-refractivity contribution in [2.24, 2.45) is 4.99 Å². The standard InChI is InChI=1S/C23H22N6O3/c1-28-5-7-29(8-6-28)23-25-11-17(12-26-23)24-13-20-19-10-15(16-4-9-32-14-16)2-3-18(19)21(30)27-22(20)31/h2-4,9-14H,5-8H2,1H3,(H2,27,30,31). The number of hydrogen-bond acceptors (Lipinski definition) is 8. The van der Waals surface area contributed by atoms with Crippen LogP contribution in [0, 0.1) is 0 Å². The molecule has 5 rings (SSSR count). The number of furan rings is 1. The Balaban J connectivity index is 1.46. The molecule has 32 heavy (non-hydrogen) atoms. The summed E-state index contributed by atoms with van der Waals surface area (Å²) in [6, 6.07) is 7.23. The fourth-order valence-electron chi connectivity index (χ4n) is 3.76. The lowest BCUT2D eigenvalue weighted by atomic mass is 10.0. The van der Waals surface area contributed by atoms with E-state index in [2.05, 4.69) is 36.8 Å². The van der Waals surface area contributed by atoms with E-state index in [-0.39, 0.29) is 11.4 Å². The number of rotatable bonds is 4. The normalized spacial score (nSPS) is 15.1. The molecule has 9 heteroatoms.